The van der Waals surface area contributed by atoms with E-state index in [1.165, 1.54) is 23.1 Å². The fourth-order valence-corrected chi connectivity index (χ4v) is 7.29. The average Bonchev–Trinajstić information content (AvgIpc) is 3.76. The summed E-state index contributed by atoms with van der Waals surface area (Å²) in [5, 5.41) is 11.3. The van der Waals surface area contributed by atoms with Crippen molar-refractivity contribution in [2.45, 2.75) is 178 Å². The number of hydrogen-bond acceptors (Lipinski definition) is 4. The van der Waals surface area contributed by atoms with E-state index in [1.807, 2.05) is 26.8 Å². The Bertz CT molecular complexity index is 1410. The maximum atomic E-state index is 14.6. The highest BCUT2D eigenvalue weighted by Gasteiger charge is 2.41. The first-order valence-electron chi connectivity index (χ1n) is 21.8. The minimum Gasteiger partial charge on any atom is -0.380 e. The van der Waals surface area contributed by atoms with E-state index in [2.05, 4.69) is 147 Å². The van der Waals surface area contributed by atoms with Gasteiger partial charge in [-0.1, -0.05) is 143 Å². The molecule has 0 spiro atoms. The van der Waals surface area contributed by atoms with Crippen molar-refractivity contribution >= 4 is 0 Å². The van der Waals surface area contributed by atoms with Gasteiger partial charge in [-0.2, -0.15) is 0 Å². The lowest BCUT2D eigenvalue weighted by molar-refractivity contribution is 0.192. The Morgan fingerprint density at radius 1 is 0.860 bits per heavy atom. The zero-order chi connectivity index (χ0) is 44.3. The molecule has 2 aliphatic rings. The van der Waals surface area contributed by atoms with Crippen LogP contribution < -0.4 is 16.0 Å². The molecular formula is C52H89FN4. The molecule has 1 heterocycles. The van der Waals surface area contributed by atoms with Crippen LogP contribution in [0.5, 0.6) is 0 Å². The fourth-order valence-electron chi connectivity index (χ4n) is 7.29. The highest BCUT2D eigenvalue weighted by Crippen LogP contribution is 2.39. The first-order chi connectivity index (χ1) is 26.4. The second-order valence-corrected chi connectivity index (χ2v) is 18.8. The van der Waals surface area contributed by atoms with E-state index in [-0.39, 0.29) is 23.5 Å². The molecule has 1 aromatic carbocycles. The smallest absolute Gasteiger partial charge is 0.105 e. The second kappa shape index (κ2) is 25.8. The monoisotopic (exact) mass is 789 g/mol. The first kappa shape index (κ1) is 53.5. The predicted octanol–water partition coefficient (Wildman–Crippen LogP) is 13.8. The largest absolute Gasteiger partial charge is 0.380 e. The number of nitrogens with one attached hydrogen (secondary N) is 3. The van der Waals surface area contributed by atoms with E-state index in [4.69, 9.17) is 6.58 Å². The summed E-state index contributed by atoms with van der Waals surface area (Å²) in [5.74, 6) is 2.22. The molecule has 5 heteroatoms. The van der Waals surface area contributed by atoms with Gasteiger partial charge in [0.05, 0.1) is 23.9 Å². The summed E-state index contributed by atoms with van der Waals surface area (Å²) >= 11 is 0. The van der Waals surface area contributed by atoms with Crippen LogP contribution >= 0.6 is 0 Å². The van der Waals surface area contributed by atoms with E-state index in [9.17, 15) is 4.39 Å². The highest BCUT2D eigenvalue weighted by molar-refractivity contribution is 5.35. The highest BCUT2D eigenvalue weighted by atomic mass is 19.1. The lowest BCUT2D eigenvalue weighted by atomic mass is 9.85. The average molecular weight is 789 g/mol. The zero-order valence-electron chi connectivity index (χ0n) is 39.6. The van der Waals surface area contributed by atoms with E-state index < -0.39 is 5.67 Å². The van der Waals surface area contributed by atoms with Crippen LogP contribution in [0.4, 0.5) is 4.39 Å². The molecule has 1 aliphatic heterocycles. The Kier molecular flexibility index (Phi) is 24.2. The maximum absolute atomic E-state index is 14.6. The zero-order valence-corrected chi connectivity index (χ0v) is 39.6. The Hall–Kier alpha value is -3.47. The van der Waals surface area contributed by atoms with Gasteiger partial charge in [-0.05, 0) is 119 Å². The van der Waals surface area contributed by atoms with Gasteiger partial charge in [-0.25, -0.2) is 4.39 Å². The Morgan fingerprint density at radius 2 is 1.35 bits per heavy atom. The molecule has 3 N–H and O–H groups in total. The van der Waals surface area contributed by atoms with Gasteiger partial charge in [-0.3, -0.25) is 0 Å². The molecule has 4 nitrogen and oxygen atoms in total. The van der Waals surface area contributed by atoms with Crippen molar-refractivity contribution in [2.24, 2.45) is 23.2 Å². The Morgan fingerprint density at radius 3 is 1.74 bits per heavy atom. The molecule has 3 rings (SSSR count). The SMILES string of the molecule is C=C(C)C.C=C(NC(C(=C)N1CC(C(C)C)CC1C(=C)NC(CCC(C)(C)F)C(=C)C(=C)C)C1Cc2ccccc2C1)NC(CC)C(C)(C)C.C=CCC.CCC. The van der Waals surface area contributed by atoms with Crippen molar-refractivity contribution < 1.29 is 4.39 Å². The van der Waals surface area contributed by atoms with Crippen molar-refractivity contribution in [1.82, 2.24) is 20.9 Å². The summed E-state index contributed by atoms with van der Waals surface area (Å²) in [7, 11) is 0. The molecule has 5 atom stereocenters. The standard InChI is InChI=1S/C41H65FN4.2C4H8.C3H8/c1-15-38(40(10,11)12)44-31(9)45-39(34-22-32-18-16-17-19-33(32)23-34)30(8)46-25-35(27(4)5)24-37(46)29(7)43-36(28(6)26(2)3)20-21-41(13,14)42;1-4(2)3;1-3-4-2;1-3-2/h16-19,27,34-39,43-45H,2,6-9,15,20-25H2,1,3-5,10-14H3;1H2,2-3H3;3H,1,4H2,2H3;3H2,1-2H3. The van der Waals surface area contributed by atoms with Gasteiger partial charge in [-0.15, -0.1) is 13.2 Å². The molecule has 57 heavy (non-hydrogen) atoms. The van der Waals surface area contributed by atoms with Gasteiger partial charge in [0.1, 0.15) is 5.67 Å². The Labute approximate surface area is 353 Å². The number of hydrogen-bond donors (Lipinski definition) is 3. The lowest BCUT2D eigenvalue weighted by Gasteiger charge is -2.40. The van der Waals surface area contributed by atoms with E-state index in [0.29, 0.717) is 36.6 Å². The van der Waals surface area contributed by atoms with Crippen molar-refractivity contribution in [3.05, 3.63) is 121 Å². The van der Waals surface area contributed by atoms with E-state index in [1.54, 1.807) is 13.8 Å². The van der Waals surface area contributed by atoms with Gasteiger partial charge < -0.3 is 20.9 Å². The van der Waals surface area contributed by atoms with Crippen LogP contribution in [0.3, 0.4) is 0 Å². The van der Waals surface area contributed by atoms with Crippen LogP contribution in [0.2, 0.25) is 0 Å². The van der Waals surface area contributed by atoms with E-state index in [0.717, 1.165) is 67.0 Å². The van der Waals surface area contributed by atoms with Gasteiger partial charge in [0.2, 0.25) is 0 Å². The number of halogens is 1. The van der Waals surface area contributed by atoms with E-state index >= 15 is 0 Å². The summed E-state index contributed by atoms with van der Waals surface area (Å²) < 4.78 is 14.6. The lowest BCUT2D eigenvalue weighted by Crippen LogP contribution is -2.50. The summed E-state index contributed by atoms with van der Waals surface area (Å²) in [4.78, 5) is 2.49. The molecule has 0 bridgehead atoms. The maximum Gasteiger partial charge on any atom is 0.105 e. The molecule has 324 valence electrons. The number of likely N-dealkylation sites (tertiary alicyclic amines) is 1. The normalized spacial score (nSPS) is 17.8. The number of allylic oxidation sites excluding steroid dienone is 2. The second-order valence-electron chi connectivity index (χ2n) is 18.8. The third-order valence-corrected chi connectivity index (χ3v) is 10.7. The third-order valence-electron chi connectivity index (χ3n) is 10.7. The van der Waals surface area contributed by atoms with Crippen molar-refractivity contribution in [3.8, 4) is 0 Å². The third kappa shape index (κ3) is 19.7. The topological polar surface area (TPSA) is 39.3 Å². The number of benzene rings is 1. The minimum atomic E-state index is -1.26. The van der Waals surface area contributed by atoms with Crippen molar-refractivity contribution in [2.75, 3.05) is 6.54 Å². The summed E-state index contributed by atoms with van der Waals surface area (Å²) in [6, 6.07) is 9.05. The molecule has 0 aromatic heterocycles. The van der Waals surface area contributed by atoms with Crippen molar-refractivity contribution in [3.63, 3.8) is 0 Å². The Balaban J connectivity index is 0.00000253. The molecule has 0 amide bonds. The molecule has 1 fully saturated rings. The van der Waals surface area contributed by atoms with Gasteiger partial charge >= 0.3 is 0 Å². The number of alkyl halides is 1. The molecule has 0 saturated carbocycles. The molecule has 5 unspecified atom stereocenters. The van der Waals surface area contributed by atoms with Crippen LogP contribution in [0.1, 0.15) is 147 Å². The summed E-state index contributed by atoms with van der Waals surface area (Å²) in [5.41, 5.74) is 6.70. The van der Waals surface area contributed by atoms with Gasteiger partial charge in [0.25, 0.3) is 0 Å². The van der Waals surface area contributed by atoms with Crippen LogP contribution in [0.25, 0.3) is 0 Å². The molecule has 1 aromatic rings. The predicted molar refractivity (Wildman–Crippen MR) is 254 cm³/mol. The van der Waals surface area contributed by atoms with Crippen LogP contribution in [-0.4, -0.2) is 41.3 Å². The van der Waals surface area contributed by atoms with Crippen LogP contribution in [-0.2, 0) is 12.8 Å². The van der Waals surface area contributed by atoms with Crippen molar-refractivity contribution in [1.29, 1.82) is 0 Å². The summed E-state index contributed by atoms with van der Waals surface area (Å²) in [6.07, 6.45) is 9.26. The quantitative estimate of drug-likeness (QED) is 0.102. The van der Waals surface area contributed by atoms with Gasteiger partial charge in [0.15, 0.2) is 0 Å². The molecular weight excluding hydrogens is 700 g/mol. The van der Waals surface area contributed by atoms with Gasteiger partial charge in [0, 0.05) is 24.0 Å². The van der Waals surface area contributed by atoms with Crippen LogP contribution in [0.15, 0.2) is 110 Å². The molecule has 1 aliphatic carbocycles. The van der Waals surface area contributed by atoms with Crippen LogP contribution in [0, 0.1) is 23.2 Å². The summed E-state index contributed by atoms with van der Waals surface area (Å²) in [6.45, 7) is 59.5. The molecule has 1 saturated heterocycles. The first-order valence-corrected chi connectivity index (χ1v) is 21.8. The minimum absolute atomic E-state index is 0.000365. The molecule has 0 radical (unpaired) electrons. The fraction of sp³-hybridized carbons (Fsp3) is 0.615. The number of nitrogens with zero attached hydrogens (tertiary/aromatic N) is 1. The number of rotatable bonds is 18. The number of fused-ring (bicyclic) bond motifs is 1.